The number of hydrogen-bond donors (Lipinski definition) is 1. The van der Waals surface area contributed by atoms with Crippen molar-refractivity contribution in [3.63, 3.8) is 0 Å². The van der Waals surface area contributed by atoms with E-state index in [9.17, 15) is 9.59 Å². The molecular weight excluding hydrogens is 404 g/mol. The highest BCUT2D eigenvalue weighted by atomic mass is 16.5. The van der Waals surface area contributed by atoms with Crippen molar-refractivity contribution in [2.75, 3.05) is 20.2 Å². The fourth-order valence-electron chi connectivity index (χ4n) is 3.97. The van der Waals surface area contributed by atoms with Gasteiger partial charge in [-0.1, -0.05) is 18.2 Å². The Balaban J connectivity index is 1.43. The van der Waals surface area contributed by atoms with Crippen molar-refractivity contribution in [1.29, 1.82) is 0 Å². The molecule has 1 fully saturated rings. The second kappa shape index (κ2) is 10.0. The molecule has 0 unspecified atom stereocenters. The maximum atomic E-state index is 13.2. The molecule has 7 nitrogen and oxygen atoms in total. The smallest absolute Gasteiger partial charge is 0.272 e. The average molecular weight is 431 g/mol. The van der Waals surface area contributed by atoms with E-state index in [1.807, 2.05) is 36.4 Å². The molecule has 0 radical (unpaired) electrons. The van der Waals surface area contributed by atoms with Gasteiger partial charge in [0, 0.05) is 37.6 Å². The number of hydrogen-bond acceptors (Lipinski definition) is 5. The molecule has 2 aromatic heterocycles. The number of carbonyl (C=O) groups excluding carboxylic acids is 2. The SMILES string of the molecule is COc1ccc([C@H](NC(=O)C2CCN(C(=O)c3ccccn3)CC2)c2ccncc2)cc1. The topological polar surface area (TPSA) is 84.4 Å². The lowest BCUT2D eigenvalue weighted by atomic mass is 9.93. The van der Waals surface area contributed by atoms with Gasteiger partial charge >= 0.3 is 0 Å². The van der Waals surface area contributed by atoms with E-state index in [1.165, 1.54) is 0 Å². The monoisotopic (exact) mass is 430 g/mol. The van der Waals surface area contributed by atoms with Gasteiger partial charge in [0.05, 0.1) is 13.2 Å². The number of benzene rings is 1. The van der Waals surface area contributed by atoms with Crippen LogP contribution >= 0.6 is 0 Å². The minimum absolute atomic E-state index is 0.00688. The first-order valence-corrected chi connectivity index (χ1v) is 10.7. The number of aromatic nitrogens is 2. The van der Waals surface area contributed by atoms with Gasteiger partial charge in [-0.05, 0) is 60.4 Å². The number of rotatable bonds is 6. The summed E-state index contributed by atoms with van der Waals surface area (Å²) in [5.41, 5.74) is 2.36. The minimum Gasteiger partial charge on any atom is -0.497 e. The Morgan fingerprint density at radius 1 is 0.969 bits per heavy atom. The quantitative estimate of drug-likeness (QED) is 0.649. The molecule has 2 amide bonds. The number of likely N-dealkylation sites (tertiary alicyclic amines) is 1. The van der Waals surface area contributed by atoms with Crippen molar-refractivity contribution in [2.24, 2.45) is 5.92 Å². The van der Waals surface area contributed by atoms with Crippen LogP contribution in [0.3, 0.4) is 0 Å². The van der Waals surface area contributed by atoms with Gasteiger partial charge in [0.1, 0.15) is 11.4 Å². The number of methoxy groups -OCH3 is 1. The van der Waals surface area contributed by atoms with Crippen molar-refractivity contribution in [1.82, 2.24) is 20.2 Å². The zero-order chi connectivity index (χ0) is 22.3. The lowest BCUT2D eigenvalue weighted by Gasteiger charge is -2.32. The first kappa shape index (κ1) is 21.5. The fraction of sp³-hybridized carbons (Fsp3) is 0.280. The summed E-state index contributed by atoms with van der Waals surface area (Å²) in [7, 11) is 1.63. The largest absolute Gasteiger partial charge is 0.497 e. The molecule has 32 heavy (non-hydrogen) atoms. The van der Waals surface area contributed by atoms with Crippen LogP contribution in [-0.2, 0) is 4.79 Å². The molecule has 4 rings (SSSR count). The summed E-state index contributed by atoms with van der Waals surface area (Å²) in [6, 6.07) is 16.5. The third-order valence-corrected chi connectivity index (χ3v) is 5.81. The van der Waals surface area contributed by atoms with Crippen LogP contribution in [0.5, 0.6) is 5.75 Å². The van der Waals surface area contributed by atoms with Gasteiger partial charge in [-0.15, -0.1) is 0 Å². The van der Waals surface area contributed by atoms with E-state index in [0.29, 0.717) is 31.6 Å². The number of nitrogens with one attached hydrogen (secondary N) is 1. The van der Waals surface area contributed by atoms with Crippen molar-refractivity contribution < 1.29 is 14.3 Å². The Kier molecular flexibility index (Phi) is 6.75. The Labute approximate surface area is 187 Å². The van der Waals surface area contributed by atoms with E-state index in [4.69, 9.17) is 4.74 Å². The van der Waals surface area contributed by atoms with Crippen LogP contribution in [0.4, 0.5) is 0 Å². The number of ether oxygens (including phenoxy) is 1. The number of pyridine rings is 2. The predicted molar refractivity (Wildman–Crippen MR) is 120 cm³/mol. The molecule has 1 aromatic carbocycles. The molecule has 0 saturated carbocycles. The molecule has 1 atom stereocenters. The lowest BCUT2D eigenvalue weighted by Crippen LogP contribution is -2.44. The van der Waals surface area contributed by atoms with Gasteiger partial charge in [0.2, 0.25) is 5.91 Å². The molecule has 1 saturated heterocycles. The van der Waals surface area contributed by atoms with Gasteiger partial charge in [-0.25, -0.2) is 0 Å². The molecule has 1 aliphatic heterocycles. The molecule has 164 valence electrons. The minimum atomic E-state index is -0.287. The van der Waals surface area contributed by atoms with Crippen LogP contribution in [0.2, 0.25) is 0 Å². The predicted octanol–water partition coefficient (Wildman–Crippen LogP) is 3.24. The zero-order valence-electron chi connectivity index (χ0n) is 18.0. The molecule has 0 aliphatic carbocycles. The maximum Gasteiger partial charge on any atom is 0.272 e. The van der Waals surface area contributed by atoms with Crippen LogP contribution in [0, 0.1) is 5.92 Å². The Morgan fingerprint density at radius 2 is 1.66 bits per heavy atom. The van der Waals surface area contributed by atoms with Gasteiger partial charge < -0.3 is 15.0 Å². The molecular formula is C25H26N4O3. The Bertz CT molecular complexity index is 1030. The maximum absolute atomic E-state index is 13.2. The summed E-state index contributed by atoms with van der Waals surface area (Å²) in [4.78, 5) is 35.8. The molecule has 0 bridgehead atoms. The second-order valence-electron chi connectivity index (χ2n) is 7.78. The van der Waals surface area contributed by atoms with E-state index in [0.717, 1.165) is 16.9 Å². The van der Waals surface area contributed by atoms with Crippen LogP contribution in [0.25, 0.3) is 0 Å². The molecule has 3 aromatic rings. The van der Waals surface area contributed by atoms with Crippen molar-refractivity contribution >= 4 is 11.8 Å². The van der Waals surface area contributed by atoms with E-state index >= 15 is 0 Å². The lowest BCUT2D eigenvalue weighted by molar-refractivity contribution is -0.126. The van der Waals surface area contributed by atoms with Gasteiger partial charge in [0.15, 0.2) is 0 Å². The van der Waals surface area contributed by atoms with E-state index in [1.54, 1.807) is 48.8 Å². The van der Waals surface area contributed by atoms with Crippen LogP contribution in [0.1, 0.15) is 40.5 Å². The molecule has 1 aliphatic rings. The standard InChI is InChI=1S/C25H26N4O3/c1-32-21-7-5-18(6-8-21)23(19-9-14-26-15-10-19)28-24(30)20-11-16-29(17-12-20)25(31)22-4-2-3-13-27-22/h2-10,13-15,20,23H,11-12,16-17H2,1H3,(H,28,30)/t23-/m0/s1. The van der Waals surface area contributed by atoms with Gasteiger partial charge in [0.25, 0.3) is 5.91 Å². The Morgan fingerprint density at radius 3 is 2.28 bits per heavy atom. The third kappa shape index (κ3) is 4.94. The molecule has 0 spiro atoms. The number of piperidine rings is 1. The number of amides is 2. The third-order valence-electron chi connectivity index (χ3n) is 5.81. The summed E-state index contributed by atoms with van der Waals surface area (Å²) in [6.07, 6.45) is 6.30. The Hall–Kier alpha value is -3.74. The highest BCUT2D eigenvalue weighted by Gasteiger charge is 2.30. The van der Waals surface area contributed by atoms with Crippen molar-refractivity contribution in [2.45, 2.75) is 18.9 Å². The van der Waals surface area contributed by atoms with Crippen molar-refractivity contribution in [3.05, 3.63) is 90.0 Å². The summed E-state index contributed by atoms with van der Waals surface area (Å²) < 4.78 is 5.26. The number of nitrogens with zero attached hydrogens (tertiary/aromatic N) is 3. The fourth-order valence-corrected chi connectivity index (χ4v) is 3.97. The van der Waals surface area contributed by atoms with Crippen molar-refractivity contribution in [3.8, 4) is 5.75 Å². The van der Waals surface area contributed by atoms with Gasteiger partial charge in [-0.2, -0.15) is 0 Å². The van der Waals surface area contributed by atoms with Crippen LogP contribution in [0.15, 0.2) is 73.2 Å². The normalized spacial score (nSPS) is 15.1. The zero-order valence-corrected chi connectivity index (χ0v) is 18.0. The molecule has 3 heterocycles. The van der Waals surface area contributed by atoms with E-state index in [2.05, 4.69) is 15.3 Å². The van der Waals surface area contributed by atoms with Crippen LogP contribution in [-0.4, -0.2) is 46.9 Å². The summed E-state index contributed by atoms with van der Waals surface area (Å²) in [5.74, 6) is 0.522. The second-order valence-corrected chi connectivity index (χ2v) is 7.78. The average Bonchev–Trinajstić information content (AvgIpc) is 2.88. The first-order valence-electron chi connectivity index (χ1n) is 10.7. The van der Waals surface area contributed by atoms with E-state index in [-0.39, 0.29) is 23.8 Å². The summed E-state index contributed by atoms with van der Waals surface area (Å²) in [6.45, 7) is 1.08. The summed E-state index contributed by atoms with van der Waals surface area (Å²) >= 11 is 0. The van der Waals surface area contributed by atoms with E-state index < -0.39 is 0 Å². The molecule has 7 heteroatoms. The highest BCUT2D eigenvalue weighted by molar-refractivity contribution is 5.92. The first-order chi connectivity index (χ1) is 15.7. The van der Waals surface area contributed by atoms with Gasteiger partial charge in [-0.3, -0.25) is 19.6 Å². The molecule has 1 N–H and O–H groups in total. The highest BCUT2D eigenvalue weighted by Crippen LogP contribution is 2.26. The van der Waals surface area contributed by atoms with Crippen LogP contribution < -0.4 is 10.1 Å². The summed E-state index contributed by atoms with van der Waals surface area (Å²) in [5, 5.41) is 3.21. The number of carbonyl (C=O) groups is 2.